The van der Waals surface area contributed by atoms with Crippen molar-refractivity contribution >= 4 is 17.7 Å². The van der Waals surface area contributed by atoms with E-state index in [0.29, 0.717) is 11.6 Å². The number of methoxy groups -OCH3 is 1. The van der Waals surface area contributed by atoms with Crippen molar-refractivity contribution in [3.05, 3.63) is 23.9 Å². The minimum Gasteiger partial charge on any atom is -0.481 e. The topological polar surface area (TPSA) is 59.4 Å². The Bertz CT molecular complexity index is 357. The van der Waals surface area contributed by atoms with Gasteiger partial charge >= 0.3 is 5.97 Å². The van der Waals surface area contributed by atoms with Gasteiger partial charge in [0.25, 0.3) is 0 Å². The van der Waals surface area contributed by atoms with Gasteiger partial charge in [0.15, 0.2) is 0 Å². The lowest BCUT2D eigenvalue weighted by Gasteiger charge is -2.08. The predicted molar refractivity (Wildman–Crippen MR) is 63.8 cm³/mol. The number of carboxylic acid groups (broad SMARTS) is 1. The molecule has 0 bridgehead atoms. The molecule has 0 fully saturated rings. The molecule has 1 unspecified atom stereocenters. The number of ether oxygens (including phenoxy) is 1. The molecule has 0 aliphatic rings. The van der Waals surface area contributed by atoms with Crippen LogP contribution >= 0.6 is 11.8 Å². The van der Waals surface area contributed by atoms with Crippen LogP contribution in [0, 0.1) is 0 Å². The Morgan fingerprint density at radius 3 is 3.00 bits per heavy atom. The summed E-state index contributed by atoms with van der Waals surface area (Å²) in [5.74, 6) is 0.522. The van der Waals surface area contributed by atoms with Gasteiger partial charge in [0.2, 0.25) is 5.88 Å². The Balaban J connectivity index is 2.44. The van der Waals surface area contributed by atoms with Crippen LogP contribution in [0.15, 0.2) is 18.2 Å². The molecule has 16 heavy (non-hydrogen) atoms. The number of aliphatic carboxylic acids is 1. The van der Waals surface area contributed by atoms with Gasteiger partial charge in [-0.1, -0.05) is 13.0 Å². The molecule has 88 valence electrons. The summed E-state index contributed by atoms with van der Waals surface area (Å²) >= 11 is 1.58. The third-order valence-corrected chi connectivity index (χ3v) is 3.17. The summed E-state index contributed by atoms with van der Waals surface area (Å²) in [5, 5.41) is 8.70. The lowest BCUT2D eigenvalue weighted by atomic mass is 10.3. The minimum absolute atomic E-state index is 0.0884. The Kier molecular flexibility index (Phi) is 5.11. The van der Waals surface area contributed by atoms with Crippen LogP contribution in [0.25, 0.3) is 0 Å². The van der Waals surface area contributed by atoms with Crippen LogP contribution in [0.2, 0.25) is 0 Å². The largest absolute Gasteiger partial charge is 0.481 e. The van der Waals surface area contributed by atoms with E-state index in [0.717, 1.165) is 5.69 Å². The summed E-state index contributed by atoms with van der Waals surface area (Å²) in [6, 6.07) is 5.57. The molecule has 1 aromatic heterocycles. The van der Waals surface area contributed by atoms with Crippen molar-refractivity contribution < 1.29 is 14.6 Å². The maximum atomic E-state index is 10.5. The number of rotatable bonds is 6. The first-order valence-corrected chi connectivity index (χ1v) is 6.00. The molecule has 0 aromatic carbocycles. The standard InChI is InChI=1S/C11H15NO3S/c1-8(6-11(13)14)16-7-9-4-3-5-10(12-9)15-2/h3-5,8H,6-7H2,1-2H3,(H,13,14). The summed E-state index contributed by atoms with van der Waals surface area (Å²) < 4.78 is 5.01. The molecule has 0 spiro atoms. The van der Waals surface area contributed by atoms with E-state index in [2.05, 4.69) is 4.98 Å². The van der Waals surface area contributed by atoms with Crippen molar-refractivity contribution in [2.24, 2.45) is 0 Å². The fraction of sp³-hybridized carbons (Fsp3) is 0.455. The van der Waals surface area contributed by atoms with Crippen LogP contribution in [-0.2, 0) is 10.5 Å². The molecule has 1 heterocycles. The molecule has 1 N–H and O–H groups in total. The fourth-order valence-electron chi connectivity index (χ4n) is 1.18. The van der Waals surface area contributed by atoms with E-state index in [4.69, 9.17) is 9.84 Å². The summed E-state index contributed by atoms with van der Waals surface area (Å²) in [6.07, 6.45) is 0.175. The number of hydrogen-bond acceptors (Lipinski definition) is 4. The van der Waals surface area contributed by atoms with Gasteiger partial charge in [-0.25, -0.2) is 4.98 Å². The first kappa shape index (κ1) is 12.8. The zero-order valence-electron chi connectivity index (χ0n) is 9.34. The number of hydrogen-bond donors (Lipinski definition) is 1. The third kappa shape index (κ3) is 4.53. The van der Waals surface area contributed by atoms with E-state index in [1.807, 2.05) is 19.1 Å². The molecule has 4 nitrogen and oxygen atoms in total. The van der Waals surface area contributed by atoms with Gasteiger partial charge in [0.1, 0.15) is 0 Å². The van der Waals surface area contributed by atoms with Gasteiger partial charge in [0, 0.05) is 17.1 Å². The van der Waals surface area contributed by atoms with Crippen LogP contribution in [-0.4, -0.2) is 28.4 Å². The maximum absolute atomic E-state index is 10.5. The summed E-state index contributed by atoms with van der Waals surface area (Å²) in [7, 11) is 1.58. The van der Waals surface area contributed by atoms with Crippen molar-refractivity contribution in [2.75, 3.05) is 7.11 Å². The first-order valence-electron chi connectivity index (χ1n) is 4.95. The molecule has 0 saturated heterocycles. The second-order valence-corrected chi connectivity index (χ2v) is 4.82. The van der Waals surface area contributed by atoms with E-state index in [9.17, 15) is 4.79 Å². The molecular weight excluding hydrogens is 226 g/mol. The van der Waals surface area contributed by atoms with Gasteiger partial charge in [0.05, 0.1) is 19.2 Å². The zero-order chi connectivity index (χ0) is 12.0. The molecule has 5 heteroatoms. The molecule has 0 aliphatic heterocycles. The quantitative estimate of drug-likeness (QED) is 0.827. The van der Waals surface area contributed by atoms with E-state index in [1.165, 1.54) is 0 Å². The second-order valence-electron chi connectivity index (χ2n) is 3.39. The van der Waals surface area contributed by atoms with Gasteiger partial charge in [-0.2, -0.15) is 11.8 Å². The Morgan fingerprint density at radius 2 is 2.38 bits per heavy atom. The predicted octanol–water partition coefficient (Wildman–Crippen LogP) is 2.19. The van der Waals surface area contributed by atoms with Crippen molar-refractivity contribution in [3.8, 4) is 5.88 Å². The van der Waals surface area contributed by atoms with Crippen molar-refractivity contribution in [1.82, 2.24) is 4.98 Å². The van der Waals surface area contributed by atoms with Crippen molar-refractivity contribution in [2.45, 2.75) is 24.3 Å². The minimum atomic E-state index is -0.765. The highest BCUT2D eigenvalue weighted by molar-refractivity contribution is 7.99. The van der Waals surface area contributed by atoms with Crippen LogP contribution in [0.4, 0.5) is 0 Å². The average Bonchev–Trinajstić information content (AvgIpc) is 2.26. The Labute approximate surface area is 99.0 Å². The molecule has 0 saturated carbocycles. The van der Waals surface area contributed by atoms with Crippen LogP contribution < -0.4 is 4.74 Å². The highest BCUT2D eigenvalue weighted by Gasteiger charge is 2.08. The second kappa shape index (κ2) is 6.37. The fourth-order valence-corrected chi connectivity index (χ4v) is 2.06. The number of pyridine rings is 1. The SMILES string of the molecule is COc1cccc(CSC(C)CC(=O)O)n1. The van der Waals surface area contributed by atoms with Crippen LogP contribution in [0.5, 0.6) is 5.88 Å². The van der Waals surface area contributed by atoms with E-state index in [-0.39, 0.29) is 11.7 Å². The third-order valence-electron chi connectivity index (χ3n) is 1.97. The zero-order valence-corrected chi connectivity index (χ0v) is 10.2. The van der Waals surface area contributed by atoms with Gasteiger partial charge < -0.3 is 9.84 Å². The normalized spacial score (nSPS) is 12.1. The van der Waals surface area contributed by atoms with E-state index < -0.39 is 5.97 Å². The maximum Gasteiger partial charge on any atom is 0.304 e. The summed E-state index contributed by atoms with van der Waals surface area (Å²) in [4.78, 5) is 14.7. The Hall–Kier alpha value is -1.23. The molecular formula is C11H15NO3S. The van der Waals surface area contributed by atoms with Gasteiger partial charge in [-0.3, -0.25) is 4.79 Å². The summed E-state index contributed by atoms with van der Waals surface area (Å²) in [5.41, 5.74) is 0.904. The van der Waals surface area contributed by atoms with E-state index >= 15 is 0 Å². The van der Waals surface area contributed by atoms with Crippen molar-refractivity contribution in [1.29, 1.82) is 0 Å². The first-order chi connectivity index (χ1) is 7.61. The van der Waals surface area contributed by atoms with Gasteiger partial charge in [-0.05, 0) is 6.07 Å². The highest BCUT2D eigenvalue weighted by atomic mass is 32.2. The lowest BCUT2D eigenvalue weighted by Crippen LogP contribution is -2.06. The molecule has 0 amide bonds. The molecule has 0 aliphatic carbocycles. The average molecular weight is 241 g/mol. The number of carboxylic acids is 1. The molecule has 1 rings (SSSR count). The number of aromatic nitrogens is 1. The Morgan fingerprint density at radius 1 is 1.62 bits per heavy atom. The number of nitrogens with zero attached hydrogens (tertiary/aromatic N) is 1. The molecule has 0 radical (unpaired) electrons. The smallest absolute Gasteiger partial charge is 0.304 e. The lowest BCUT2D eigenvalue weighted by molar-refractivity contribution is -0.136. The molecule has 1 aromatic rings. The number of carbonyl (C=O) groups is 1. The van der Waals surface area contributed by atoms with Crippen LogP contribution in [0.1, 0.15) is 19.0 Å². The number of thioether (sulfide) groups is 1. The monoisotopic (exact) mass is 241 g/mol. The van der Waals surface area contributed by atoms with Crippen molar-refractivity contribution in [3.63, 3.8) is 0 Å². The highest BCUT2D eigenvalue weighted by Crippen LogP contribution is 2.20. The van der Waals surface area contributed by atoms with Gasteiger partial charge in [-0.15, -0.1) is 0 Å². The molecule has 1 atom stereocenters. The summed E-state index contributed by atoms with van der Waals surface area (Å²) in [6.45, 7) is 1.90. The van der Waals surface area contributed by atoms with E-state index in [1.54, 1.807) is 24.9 Å². The van der Waals surface area contributed by atoms with Crippen LogP contribution in [0.3, 0.4) is 0 Å².